The number of rotatable bonds is 6. The molecule has 0 spiro atoms. The lowest BCUT2D eigenvalue weighted by Gasteiger charge is -2.55. The molecule has 9 heteroatoms. The molecule has 1 aromatic heterocycles. The van der Waals surface area contributed by atoms with Crippen molar-refractivity contribution in [3.05, 3.63) is 24.3 Å². The van der Waals surface area contributed by atoms with Crippen molar-refractivity contribution in [1.82, 2.24) is 20.5 Å². The Morgan fingerprint density at radius 3 is 2.48 bits per heavy atom. The minimum absolute atomic E-state index is 0.0958. The third-order valence-corrected chi connectivity index (χ3v) is 6.69. The van der Waals surface area contributed by atoms with Gasteiger partial charge in [-0.25, -0.2) is 4.79 Å². The van der Waals surface area contributed by atoms with Gasteiger partial charge in [-0.15, -0.1) is 5.10 Å². The van der Waals surface area contributed by atoms with Crippen LogP contribution in [0.1, 0.15) is 34.6 Å². The summed E-state index contributed by atoms with van der Waals surface area (Å²) in [5.74, 6) is -1.60. The average molecular weight is 418 g/mol. The zero-order valence-electron chi connectivity index (χ0n) is 18.0. The molecule has 1 aromatic carbocycles. The highest BCUT2D eigenvalue weighted by Gasteiger charge is 2.59. The summed E-state index contributed by atoms with van der Waals surface area (Å²) in [6, 6.07) is 6.85. The van der Waals surface area contributed by atoms with Gasteiger partial charge in [-0.1, -0.05) is 37.7 Å². The summed E-state index contributed by atoms with van der Waals surface area (Å²) >= 11 is 0. The molecular weight excluding hydrogens is 388 g/mol. The molecule has 0 bridgehead atoms. The SMILES string of the molecule is C[C@@H](C(=O)On1nnc2ccccc21)[C@H]1NC(=O)[C@@H]1[C@@](C)(O[Si](C)C)C(C)(C)C. The molecule has 1 saturated heterocycles. The Kier molecular flexibility index (Phi) is 5.57. The van der Waals surface area contributed by atoms with Gasteiger partial charge in [-0.3, -0.25) is 4.79 Å². The fraction of sp³-hybridized carbons (Fsp3) is 0.600. The molecule has 0 aliphatic carbocycles. The number of fused-ring (bicyclic) bond motifs is 1. The van der Waals surface area contributed by atoms with E-state index in [1.165, 1.54) is 0 Å². The van der Waals surface area contributed by atoms with Crippen LogP contribution >= 0.6 is 0 Å². The van der Waals surface area contributed by atoms with Crippen molar-refractivity contribution in [1.29, 1.82) is 0 Å². The summed E-state index contributed by atoms with van der Waals surface area (Å²) in [5, 5.41) is 10.8. The van der Waals surface area contributed by atoms with Gasteiger partial charge in [0.15, 0.2) is 0 Å². The molecule has 29 heavy (non-hydrogen) atoms. The molecule has 4 atom stereocenters. The molecule has 1 radical (unpaired) electrons. The van der Waals surface area contributed by atoms with Gasteiger partial charge in [0.25, 0.3) is 0 Å². The number of carbonyl (C=O) groups is 2. The second-order valence-electron chi connectivity index (χ2n) is 9.03. The first kappa shape index (κ1) is 21.4. The molecule has 2 heterocycles. The lowest BCUT2D eigenvalue weighted by Crippen LogP contribution is -2.72. The molecule has 0 unspecified atom stereocenters. The van der Waals surface area contributed by atoms with Crippen molar-refractivity contribution in [2.24, 2.45) is 17.3 Å². The van der Waals surface area contributed by atoms with Gasteiger partial charge in [-0.2, -0.15) is 0 Å². The van der Waals surface area contributed by atoms with E-state index in [0.717, 1.165) is 4.85 Å². The van der Waals surface area contributed by atoms with Crippen molar-refractivity contribution >= 4 is 32.0 Å². The Balaban J connectivity index is 1.81. The second kappa shape index (κ2) is 7.53. The van der Waals surface area contributed by atoms with Gasteiger partial charge in [0, 0.05) is 0 Å². The maximum absolute atomic E-state index is 12.8. The first-order valence-electron chi connectivity index (χ1n) is 9.78. The van der Waals surface area contributed by atoms with E-state index < -0.39 is 32.4 Å². The lowest BCUT2D eigenvalue weighted by molar-refractivity contribution is -0.169. The number of β-lactam (4-membered cyclic amide) rings is 1. The smallest absolute Gasteiger partial charge is 0.339 e. The fourth-order valence-electron chi connectivity index (χ4n) is 3.75. The summed E-state index contributed by atoms with van der Waals surface area (Å²) in [5.41, 5.74) is 0.250. The molecule has 0 saturated carbocycles. The monoisotopic (exact) mass is 417 g/mol. The van der Waals surface area contributed by atoms with Crippen LogP contribution in [0.25, 0.3) is 11.0 Å². The Bertz CT molecular complexity index is 923. The van der Waals surface area contributed by atoms with Gasteiger partial charge in [0.05, 0.1) is 23.5 Å². The van der Waals surface area contributed by atoms with Crippen molar-refractivity contribution in [2.75, 3.05) is 0 Å². The zero-order chi connectivity index (χ0) is 21.6. The minimum atomic E-state index is -1.07. The summed E-state index contributed by atoms with van der Waals surface area (Å²) < 4.78 is 6.36. The number of para-hydroxylation sites is 1. The highest BCUT2D eigenvalue weighted by Crippen LogP contribution is 2.46. The largest absolute Gasteiger partial charge is 0.411 e. The van der Waals surface area contributed by atoms with Crippen LogP contribution in [0.3, 0.4) is 0 Å². The van der Waals surface area contributed by atoms with Crippen LogP contribution in [0.2, 0.25) is 13.1 Å². The first-order chi connectivity index (χ1) is 13.5. The topological polar surface area (TPSA) is 95.3 Å². The van der Waals surface area contributed by atoms with Gasteiger partial charge >= 0.3 is 5.97 Å². The Morgan fingerprint density at radius 2 is 1.90 bits per heavy atom. The van der Waals surface area contributed by atoms with Gasteiger partial charge in [0.2, 0.25) is 14.9 Å². The Hall–Kier alpha value is -2.26. The molecule has 8 nitrogen and oxygen atoms in total. The third-order valence-electron chi connectivity index (χ3n) is 5.86. The van der Waals surface area contributed by atoms with Crippen LogP contribution in [-0.4, -0.2) is 47.7 Å². The quantitative estimate of drug-likeness (QED) is 0.440. The van der Waals surface area contributed by atoms with Crippen LogP contribution in [0.5, 0.6) is 0 Å². The van der Waals surface area contributed by atoms with Crippen LogP contribution < -0.4 is 10.2 Å². The van der Waals surface area contributed by atoms with Crippen molar-refractivity contribution < 1.29 is 18.9 Å². The van der Waals surface area contributed by atoms with E-state index >= 15 is 0 Å². The standard InChI is InChI=1S/C20H29N4O4Si/c1-12(18(26)27-24-14-11-9-8-10-13(14)22-23-24)16-15(17(25)21-16)20(5,19(2,3)4)28-29(6)7/h8-12,15-16H,1-7H3,(H,21,25)/t12-,15-,16-,20-/m1/s1. The van der Waals surface area contributed by atoms with Crippen molar-refractivity contribution in [2.45, 2.75) is 59.4 Å². The number of amides is 1. The van der Waals surface area contributed by atoms with Gasteiger partial charge in [-0.05, 0) is 49.7 Å². The summed E-state index contributed by atoms with van der Waals surface area (Å²) in [6.45, 7) is 14.0. The maximum Gasteiger partial charge on any atom is 0.339 e. The number of aromatic nitrogens is 3. The highest BCUT2D eigenvalue weighted by molar-refractivity contribution is 6.48. The van der Waals surface area contributed by atoms with Crippen LogP contribution in [0.15, 0.2) is 24.3 Å². The minimum Gasteiger partial charge on any atom is -0.411 e. The molecule has 1 aliphatic heterocycles. The summed E-state index contributed by atoms with van der Waals surface area (Å²) in [7, 11) is -1.07. The fourth-order valence-corrected chi connectivity index (χ4v) is 5.03. The zero-order valence-corrected chi connectivity index (χ0v) is 19.0. The highest BCUT2D eigenvalue weighted by atomic mass is 28.3. The number of benzene rings is 1. The molecule has 157 valence electrons. The number of nitrogens with zero attached hydrogens (tertiary/aromatic N) is 3. The normalized spacial score (nSPS) is 22.7. The van der Waals surface area contributed by atoms with Crippen LogP contribution in [0.4, 0.5) is 0 Å². The Morgan fingerprint density at radius 1 is 1.24 bits per heavy atom. The Labute approximate surface area is 172 Å². The summed E-state index contributed by atoms with van der Waals surface area (Å²) in [6.07, 6.45) is 0. The van der Waals surface area contributed by atoms with Crippen LogP contribution in [0, 0.1) is 17.3 Å². The van der Waals surface area contributed by atoms with E-state index in [9.17, 15) is 9.59 Å². The predicted octanol–water partition coefficient (Wildman–Crippen LogP) is 2.21. The first-order valence-corrected chi connectivity index (χ1v) is 12.2. The number of hydrogen-bond donors (Lipinski definition) is 1. The van der Waals surface area contributed by atoms with E-state index in [1.807, 2.05) is 32.2 Å². The van der Waals surface area contributed by atoms with E-state index in [4.69, 9.17) is 9.26 Å². The van der Waals surface area contributed by atoms with E-state index in [2.05, 4.69) is 36.4 Å². The molecule has 3 rings (SSSR count). The molecule has 1 aliphatic rings. The number of carbonyl (C=O) groups excluding carboxylic acids is 2. The second-order valence-corrected chi connectivity index (χ2v) is 11.1. The van der Waals surface area contributed by atoms with Gasteiger partial charge < -0.3 is 14.6 Å². The molecule has 2 aromatic rings. The third kappa shape index (κ3) is 3.80. The molecule has 1 fully saturated rings. The molecule has 1 amide bonds. The number of hydrogen-bond acceptors (Lipinski definition) is 6. The predicted molar refractivity (Wildman–Crippen MR) is 110 cm³/mol. The molecular formula is C20H29N4O4Si. The van der Waals surface area contributed by atoms with Crippen molar-refractivity contribution in [3.8, 4) is 0 Å². The van der Waals surface area contributed by atoms with E-state index in [1.54, 1.807) is 19.1 Å². The maximum atomic E-state index is 12.8. The summed E-state index contributed by atoms with van der Waals surface area (Å²) in [4.78, 5) is 32.0. The van der Waals surface area contributed by atoms with Crippen LogP contribution in [-0.2, 0) is 14.0 Å². The van der Waals surface area contributed by atoms with E-state index in [-0.39, 0.29) is 17.4 Å². The average Bonchev–Trinajstić information content (AvgIpc) is 3.00. The van der Waals surface area contributed by atoms with E-state index in [0.29, 0.717) is 11.0 Å². The lowest BCUT2D eigenvalue weighted by atomic mass is 9.62. The number of nitrogens with one attached hydrogen (secondary N) is 1. The molecule has 1 N–H and O–H groups in total. The van der Waals surface area contributed by atoms with Crippen molar-refractivity contribution in [3.63, 3.8) is 0 Å². The van der Waals surface area contributed by atoms with Gasteiger partial charge in [0.1, 0.15) is 11.0 Å².